The number of nitrogens with zero attached hydrogens (tertiary/aromatic N) is 2. The van der Waals surface area contributed by atoms with Gasteiger partial charge < -0.3 is 10.1 Å². The number of sulfonamides is 1. The van der Waals surface area contributed by atoms with Crippen molar-refractivity contribution < 1.29 is 17.9 Å². The van der Waals surface area contributed by atoms with Crippen LogP contribution in [0.25, 0.3) is 22.6 Å². The number of halogens is 2. The van der Waals surface area contributed by atoms with Crippen molar-refractivity contribution in [1.29, 1.82) is 0 Å². The highest BCUT2D eigenvalue weighted by molar-refractivity contribution is 7.89. The van der Waals surface area contributed by atoms with Gasteiger partial charge in [-0.15, -0.1) is 0 Å². The van der Waals surface area contributed by atoms with E-state index in [0.717, 1.165) is 16.8 Å². The van der Waals surface area contributed by atoms with Crippen LogP contribution in [0.2, 0.25) is 5.02 Å². The van der Waals surface area contributed by atoms with Crippen molar-refractivity contribution in [3.05, 3.63) is 59.2 Å². The third kappa shape index (κ3) is 4.67. The Bertz CT molecular complexity index is 1170. The summed E-state index contributed by atoms with van der Waals surface area (Å²) in [4.78, 5) is 7.63. The highest BCUT2D eigenvalue weighted by Crippen LogP contribution is 2.31. The number of hydrogen-bond donors (Lipinski definition) is 2. The SMILES string of the molecule is O=S(=O)(c1cc(-c2ncc(-c3cccc(CCF)c3)[nH]2)ccc1Cl)N1CCC(O)CC1. The van der Waals surface area contributed by atoms with E-state index in [0.29, 0.717) is 30.7 Å². The largest absolute Gasteiger partial charge is 0.393 e. The number of piperidine rings is 1. The second-order valence-corrected chi connectivity index (χ2v) is 9.88. The molecule has 2 heterocycles. The van der Waals surface area contributed by atoms with Crippen LogP contribution >= 0.6 is 11.6 Å². The maximum Gasteiger partial charge on any atom is 0.244 e. The molecule has 2 aromatic carbocycles. The third-order valence-electron chi connectivity index (χ3n) is 5.44. The summed E-state index contributed by atoms with van der Waals surface area (Å²) < 4.78 is 40.3. The molecule has 1 aliphatic rings. The highest BCUT2D eigenvalue weighted by Gasteiger charge is 2.30. The number of benzene rings is 2. The molecule has 9 heteroatoms. The number of imidazole rings is 1. The van der Waals surface area contributed by atoms with E-state index in [1.807, 2.05) is 24.3 Å². The van der Waals surface area contributed by atoms with E-state index in [-0.39, 0.29) is 23.0 Å². The van der Waals surface area contributed by atoms with Gasteiger partial charge in [0.15, 0.2) is 0 Å². The molecular formula is C22H23ClFN3O3S. The van der Waals surface area contributed by atoms with Crippen LogP contribution in [-0.2, 0) is 16.4 Å². The molecule has 3 aromatic rings. The van der Waals surface area contributed by atoms with E-state index in [1.54, 1.807) is 18.3 Å². The Balaban J connectivity index is 1.64. The molecule has 0 saturated carbocycles. The summed E-state index contributed by atoms with van der Waals surface area (Å²) in [7, 11) is -3.79. The summed E-state index contributed by atoms with van der Waals surface area (Å²) in [6.07, 6.45) is 2.34. The van der Waals surface area contributed by atoms with Crippen molar-refractivity contribution in [1.82, 2.24) is 14.3 Å². The molecule has 31 heavy (non-hydrogen) atoms. The number of alkyl halides is 1. The van der Waals surface area contributed by atoms with Crippen LogP contribution in [0.1, 0.15) is 18.4 Å². The summed E-state index contributed by atoms with van der Waals surface area (Å²) in [5, 5.41) is 9.81. The van der Waals surface area contributed by atoms with Crippen LogP contribution in [0.15, 0.2) is 53.6 Å². The first kappa shape index (κ1) is 22.0. The Morgan fingerprint density at radius 2 is 1.94 bits per heavy atom. The number of aromatic amines is 1. The summed E-state index contributed by atoms with van der Waals surface area (Å²) in [6, 6.07) is 12.3. The second kappa shape index (κ2) is 9.08. The average Bonchev–Trinajstić information content (AvgIpc) is 3.25. The van der Waals surface area contributed by atoms with Crippen molar-refractivity contribution in [3.8, 4) is 22.6 Å². The fraction of sp³-hybridized carbons (Fsp3) is 0.318. The molecule has 2 N–H and O–H groups in total. The van der Waals surface area contributed by atoms with Gasteiger partial charge in [-0.2, -0.15) is 4.31 Å². The predicted molar refractivity (Wildman–Crippen MR) is 118 cm³/mol. The molecule has 1 aromatic heterocycles. The zero-order valence-corrected chi connectivity index (χ0v) is 18.3. The Kier molecular flexibility index (Phi) is 6.43. The van der Waals surface area contributed by atoms with Gasteiger partial charge >= 0.3 is 0 Å². The third-order valence-corrected chi connectivity index (χ3v) is 7.82. The molecule has 1 aliphatic heterocycles. The van der Waals surface area contributed by atoms with E-state index >= 15 is 0 Å². The van der Waals surface area contributed by atoms with Crippen LogP contribution in [0.4, 0.5) is 4.39 Å². The van der Waals surface area contributed by atoms with Gasteiger partial charge in [0.2, 0.25) is 10.0 Å². The quantitative estimate of drug-likeness (QED) is 0.577. The van der Waals surface area contributed by atoms with E-state index in [9.17, 15) is 17.9 Å². The van der Waals surface area contributed by atoms with Gasteiger partial charge in [-0.1, -0.05) is 29.8 Å². The molecule has 0 unspecified atom stereocenters. The molecule has 164 valence electrons. The van der Waals surface area contributed by atoms with Gasteiger partial charge in [0.25, 0.3) is 0 Å². The van der Waals surface area contributed by atoms with Crippen LogP contribution in [0.3, 0.4) is 0 Å². The van der Waals surface area contributed by atoms with Crippen LogP contribution in [-0.4, -0.2) is 53.7 Å². The first-order valence-electron chi connectivity index (χ1n) is 10.1. The van der Waals surface area contributed by atoms with Crippen LogP contribution in [0.5, 0.6) is 0 Å². The summed E-state index contributed by atoms with van der Waals surface area (Å²) in [6.45, 7) is 0.0873. The number of hydrogen-bond acceptors (Lipinski definition) is 4. The molecule has 1 saturated heterocycles. The number of aromatic nitrogens is 2. The first-order valence-corrected chi connectivity index (χ1v) is 11.9. The number of H-pyrrole nitrogens is 1. The van der Waals surface area contributed by atoms with Gasteiger partial charge in [0.1, 0.15) is 10.7 Å². The maximum atomic E-state index is 13.1. The number of aryl methyl sites for hydroxylation is 1. The van der Waals surface area contributed by atoms with Gasteiger partial charge in [0, 0.05) is 25.1 Å². The lowest BCUT2D eigenvalue weighted by Crippen LogP contribution is -2.40. The van der Waals surface area contributed by atoms with Gasteiger partial charge in [0.05, 0.1) is 29.7 Å². The topological polar surface area (TPSA) is 86.3 Å². The Labute approximate surface area is 185 Å². The standard InChI is InChI=1S/C22H23ClFN3O3S/c23-19-5-4-17(13-21(19)31(29,30)27-10-7-18(28)8-11-27)22-25-14-20(26-22)16-3-1-2-15(12-16)6-9-24/h1-5,12-14,18,28H,6-11H2,(H,25,26). The molecule has 0 spiro atoms. The number of aliphatic hydroxyl groups excluding tert-OH is 1. The first-order chi connectivity index (χ1) is 14.9. The van der Waals surface area contributed by atoms with E-state index < -0.39 is 22.8 Å². The van der Waals surface area contributed by atoms with Crippen molar-refractivity contribution in [3.63, 3.8) is 0 Å². The molecular weight excluding hydrogens is 441 g/mol. The van der Waals surface area contributed by atoms with Crippen LogP contribution < -0.4 is 0 Å². The predicted octanol–water partition coefficient (Wildman–Crippen LogP) is 4.05. The van der Waals surface area contributed by atoms with Crippen molar-refractivity contribution in [2.75, 3.05) is 19.8 Å². The molecule has 0 aliphatic carbocycles. The monoisotopic (exact) mass is 463 g/mol. The summed E-state index contributed by atoms with van der Waals surface area (Å²) >= 11 is 6.25. The zero-order valence-electron chi connectivity index (χ0n) is 16.8. The van der Waals surface area contributed by atoms with E-state index in [1.165, 1.54) is 10.4 Å². The Morgan fingerprint density at radius 3 is 2.68 bits per heavy atom. The highest BCUT2D eigenvalue weighted by atomic mass is 35.5. The van der Waals surface area contributed by atoms with Crippen molar-refractivity contribution in [2.24, 2.45) is 0 Å². The van der Waals surface area contributed by atoms with E-state index in [2.05, 4.69) is 9.97 Å². The van der Waals surface area contributed by atoms with E-state index in [4.69, 9.17) is 11.6 Å². The molecule has 1 fully saturated rings. The minimum absolute atomic E-state index is 0.0194. The molecule has 0 radical (unpaired) electrons. The molecule has 0 atom stereocenters. The molecule has 0 bridgehead atoms. The second-order valence-electron chi connectivity index (χ2n) is 7.57. The van der Waals surface area contributed by atoms with Gasteiger partial charge in [-0.3, -0.25) is 4.39 Å². The number of aliphatic hydroxyl groups is 1. The fourth-order valence-corrected chi connectivity index (χ4v) is 5.66. The normalized spacial score (nSPS) is 16.0. The van der Waals surface area contributed by atoms with Crippen molar-refractivity contribution in [2.45, 2.75) is 30.3 Å². The van der Waals surface area contributed by atoms with Gasteiger partial charge in [-0.25, -0.2) is 13.4 Å². The lowest BCUT2D eigenvalue weighted by molar-refractivity contribution is 0.113. The number of nitrogens with one attached hydrogen (secondary N) is 1. The maximum absolute atomic E-state index is 13.1. The summed E-state index contributed by atoms with van der Waals surface area (Å²) in [5.74, 6) is 0.507. The zero-order chi connectivity index (χ0) is 22.0. The average molecular weight is 464 g/mol. The Morgan fingerprint density at radius 1 is 1.16 bits per heavy atom. The lowest BCUT2D eigenvalue weighted by Gasteiger charge is -2.29. The number of rotatable bonds is 6. The smallest absolute Gasteiger partial charge is 0.244 e. The van der Waals surface area contributed by atoms with Gasteiger partial charge in [-0.05, 0) is 48.2 Å². The Hall–Kier alpha value is -2.26. The molecule has 0 amide bonds. The van der Waals surface area contributed by atoms with Crippen LogP contribution in [0, 0.1) is 0 Å². The lowest BCUT2D eigenvalue weighted by atomic mass is 10.1. The fourth-order valence-electron chi connectivity index (χ4n) is 3.69. The molecule has 6 nitrogen and oxygen atoms in total. The minimum atomic E-state index is -3.79. The summed E-state index contributed by atoms with van der Waals surface area (Å²) in [5.41, 5.74) is 3.10. The molecule has 4 rings (SSSR count). The minimum Gasteiger partial charge on any atom is -0.393 e. The van der Waals surface area contributed by atoms with Crippen molar-refractivity contribution >= 4 is 21.6 Å².